The zero-order valence-corrected chi connectivity index (χ0v) is 19.7. The standard InChI is InChI=1S/C26H20Cl2FNO4/c1-33-26(32)21-3-2-4-23-25(21)16(9-10-31)13-30(23)14-18-11-19(27)7-8-24(18)34-15-17-5-6-20(28)12-22(17)29/h2-8,10-13H,9,14-15H2,1H3. The molecule has 8 heteroatoms. The quantitative estimate of drug-likeness (QED) is 0.212. The van der Waals surface area contributed by atoms with Gasteiger partial charge in [-0.05, 0) is 48.0 Å². The number of benzene rings is 3. The Balaban J connectivity index is 1.71. The van der Waals surface area contributed by atoms with Gasteiger partial charge in [-0.2, -0.15) is 0 Å². The maximum absolute atomic E-state index is 14.2. The number of fused-ring (bicyclic) bond motifs is 1. The van der Waals surface area contributed by atoms with Crippen LogP contribution in [0.2, 0.25) is 10.0 Å². The summed E-state index contributed by atoms with van der Waals surface area (Å²) in [5, 5.41) is 1.49. The first-order valence-electron chi connectivity index (χ1n) is 10.4. The van der Waals surface area contributed by atoms with E-state index >= 15 is 0 Å². The van der Waals surface area contributed by atoms with Crippen molar-refractivity contribution in [2.24, 2.45) is 0 Å². The molecule has 34 heavy (non-hydrogen) atoms. The number of halogens is 3. The molecule has 0 saturated heterocycles. The molecule has 0 unspecified atom stereocenters. The zero-order valence-electron chi connectivity index (χ0n) is 18.2. The minimum absolute atomic E-state index is 0.00689. The highest BCUT2D eigenvalue weighted by Gasteiger charge is 2.18. The van der Waals surface area contributed by atoms with Crippen molar-refractivity contribution in [3.05, 3.63) is 98.9 Å². The van der Waals surface area contributed by atoms with E-state index in [1.54, 1.807) is 42.5 Å². The fourth-order valence-electron chi connectivity index (χ4n) is 3.88. The van der Waals surface area contributed by atoms with Gasteiger partial charge in [0.25, 0.3) is 0 Å². The Labute approximate surface area is 205 Å². The summed E-state index contributed by atoms with van der Waals surface area (Å²) in [4.78, 5) is 23.6. The van der Waals surface area contributed by atoms with Gasteiger partial charge in [0.15, 0.2) is 0 Å². The van der Waals surface area contributed by atoms with Gasteiger partial charge in [-0.25, -0.2) is 9.18 Å². The molecule has 0 radical (unpaired) electrons. The second-order valence-corrected chi connectivity index (χ2v) is 8.49. The lowest BCUT2D eigenvalue weighted by atomic mass is 10.0. The molecule has 0 N–H and O–H groups in total. The first kappa shape index (κ1) is 23.8. The summed E-state index contributed by atoms with van der Waals surface area (Å²) in [6.07, 6.45) is 2.77. The highest BCUT2D eigenvalue weighted by molar-refractivity contribution is 6.30. The Hall–Kier alpha value is -3.35. The largest absolute Gasteiger partial charge is 0.488 e. The Morgan fingerprint density at radius 1 is 1.03 bits per heavy atom. The van der Waals surface area contributed by atoms with Crippen LogP contribution in [0.3, 0.4) is 0 Å². The highest BCUT2D eigenvalue weighted by atomic mass is 35.5. The summed E-state index contributed by atoms with van der Waals surface area (Å²) in [6, 6.07) is 14.9. The van der Waals surface area contributed by atoms with Crippen molar-refractivity contribution in [2.45, 2.75) is 19.6 Å². The summed E-state index contributed by atoms with van der Waals surface area (Å²) in [5.41, 5.74) is 2.97. The Morgan fingerprint density at radius 3 is 2.53 bits per heavy atom. The average Bonchev–Trinajstić information content (AvgIpc) is 3.16. The molecular weight excluding hydrogens is 480 g/mol. The van der Waals surface area contributed by atoms with Crippen LogP contribution in [0.5, 0.6) is 5.75 Å². The maximum Gasteiger partial charge on any atom is 0.338 e. The van der Waals surface area contributed by atoms with E-state index in [1.165, 1.54) is 13.2 Å². The summed E-state index contributed by atoms with van der Waals surface area (Å²) < 4.78 is 27.0. The van der Waals surface area contributed by atoms with E-state index in [2.05, 4.69) is 0 Å². The molecule has 0 saturated carbocycles. The van der Waals surface area contributed by atoms with Crippen molar-refractivity contribution >= 4 is 46.4 Å². The van der Waals surface area contributed by atoms with Gasteiger partial charge >= 0.3 is 5.97 Å². The predicted octanol–water partition coefficient (Wildman–Crippen LogP) is 6.24. The third kappa shape index (κ3) is 4.93. The van der Waals surface area contributed by atoms with Crippen molar-refractivity contribution in [1.29, 1.82) is 0 Å². The van der Waals surface area contributed by atoms with Crippen LogP contribution in [0.25, 0.3) is 10.9 Å². The number of aromatic nitrogens is 1. The van der Waals surface area contributed by atoms with Crippen LogP contribution >= 0.6 is 23.2 Å². The molecule has 0 bridgehead atoms. The molecule has 0 spiro atoms. The van der Waals surface area contributed by atoms with Gasteiger partial charge in [-0.1, -0.05) is 35.3 Å². The maximum atomic E-state index is 14.2. The van der Waals surface area contributed by atoms with Crippen molar-refractivity contribution in [1.82, 2.24) is 4.57 Å². The van der Waals surface area contributed by atoms with Crippen LogP contribution in [-0.4, -0.2) is 23.9 Å². The minimum Gasteiger partial charge on any atom is -0.488 e. The van der Waals surface area contributed by atoms with Crippen LogP contribution in [0.1, 0.15) is 27.0 Å². The summed E-state index contributed by atoms with van der Waals surface area (Å²) in [7, 11) is 1.32. The van der Waals surface area contributed by atoms with Gasteiger partial charge < -0.3 is 18.8 Å². The topological polar surface area (TPSA) is 57.5 Å². The molecule has 1 aromatic heterocycles. The smallest absolute Gasteiger partial charge is 0.338 e. The van der Waals surface area contributed by atoms with E-state index in [9.17, 15) is 14.0 Å². The predicted molar refractivity (Wildman–Crippen MR) is 129 cm³/mol. The average molecular weight is 500 g/mol. The van der Waals surface area contributed by atoms with E-state index < -0.39 is 11.8 Å². The van der Waals surface area contributed by atoms with Crippen LogP contribution in [0.4, 0.5) is 4.39 Å². The van der Waals surface area contributed by atoms with Crippen LogP contribution in [0, 0.1) is 5.82 Å². The highest BCUT2D eigenvalue weighted by Crippen LogP contribution is 2.30. The molecule has 0 aliphatic carbocycles. The molecule has 0 atom stereocenters. The third-order valence-electron chi connectivity index (χ3n) is 5.45. The molecular formula is C26H20Cl2FNO4. The number of hydrogen-bond acceptors (Lipinski definition) is 4. The number of hydrogen-bond donors (Lipinski definition) is 0. The lowest BCUT2D eigenvalue weighted by molar-refractivity contribution is -0.107. The van der Waals surface area contributed by atoms with Crippen molar-refractivity contribution in [2.75, 3.05) is 7.11 Å². The van der Waals surface area contributed by atoms with Gasteiger partial charge in [0.1, 0.15) is 24.5 Å². The molecule has 4 rings (SSSR count). The fourth-order valence-corrected chi connectivity index (χ4v) is 4.24. The van der Waals surface area contributed by atoms with Crippen molar-refractivity contribution < 1.29 is 23.5 Å². The second-order valence-electron chi connectivity index (χ2n) is 7.62. The van der Waals surface area contributed by atoms with Gasteiger partial charge in [-0.15, -0.1) is 0 Å². The van der Waals surface area contributed by atoms with Gasteiger partial charge in [-0.3, -0.25) is 0 Å². The summed E-state index contributed by atoms with van der Waals surface area (Å²) >= 11 is 12.1. The first-order valence-corrected chi connectivity index (χ1v) is 11.1. The molecule has 0 aliphatic heterocycles. The molecule has 0 aliphatic rings. The third-order valence-corrected chi connectivity index (χ3v) is 5.92. The zero-order chi connectivity index (χ0) is 24.2. The summed E-state index contributed by atoms with van der Waals surface area (Å²) in [6.45, 7) is 0.353. The Morgan fingerprint density at radius 2 is 1.79 bits per heavy atom. The van der Waals surface area contributed by atoms with E-state index in [4.69, 9.17) is 32.7 Å². The number of nitrogens with zero attached hydrogens (tertiary/aromatic N) is 1. The first-order chi connectivity index (χ1) is 16.4. The molecule has 4 aromatic rings. The second kappa shape index (κ2) is 10.3. The Bertz CT molecular complexity index is 1380. The normalized spacial score (nSPS) is 10.9. The summed E-state index contributed by atoms with van der Waals surface area (Å²) in [5.74, 6) is -0.401. The van der Waals surface area contributed by atoms with Gasteiger partial charge in [0.2, 0.25) is 0 Å². The van der Waals surface area contributed by atoms with Crippen molar-refractivity contribution in [3.63, 3.8) is 0 Å². The van der Waals surface area contributed by atoms with Crippen LogP contribution < -0.4 is 4.74 Å². The van der Waals surface area contributed by atoms with Crippen LogP contribution in [-0.2, 0) is 29.1 Å². The molecule has 0 amide bonds. The minimum atomic E-state index is -0.479. The number of aldehydes is 1. The van der Waals surface area contributed by atoms with E-state index in [0.29, 0.717) is 44.4 Å². The molecule has 5 nitrogen and oxygen atoms in total. The van der Waals surface area contributed by atoms with Gasteiger partial charge in [0, 0.05) is 44.7 Å². The number of carbonyl (C=O) groups is 2. The number of carbonyl (C=O) groups excluding carboxylic acids is 2. The number of esters is 1. The van der Waals surface area contributed by atoms with E-state index in [0.717, 1.165) is 17.4 Å². The van der Waals surface area contributed by atoms with Crippen LogP contribution in [0.15, 0.2) is 60.8 Å². The SMILES string of the molecule is COC(=O)c1cccc2c1c(CC=O)cn2Cc1cc(Cl)ccc1OCc1ccc(Cl)cc1F. The Kier molecular flexibility index (Phi) is 7.20. The lowest BCUT2D eigenvalue weighted by Gasteiger charge is -2.14. The molecule has 174 valence electrons. The molecule has 3 aromatic carbocycles. The van der Waals surface area contributed by atoms with E-state index in [1.807, 2.05) is 16.8 Å². The number of rotatable bonds is 8. The molecule has 1 heterocycles. The fraction of sp³-hybridized carbons (Fsp3) is 0.154. The number of methoxy groups -OCH3 is 1. The van der Waals surface area contributed by atoms with Gasteiger partial charge in [0.05, 0.1) is 19.2 Å². The molecule has 0 fully saturated rings. The van der Waals surface area contributed by atoms with E-state index in [-0.39, 0.29) is 13.0 Å². The lowest BCUT2D eigenvalue weighted by Crippen LogP contribution is -2.05. The van der Waals surface area contributed by atoms with Crippen molar-refractivity contribution in [3.8, 4) is 5.75 Å². The number of ether oxygens (including phenoxy) is 2. The monoisotopic (exact) mass is 499 g/mol.